The van der Waals surface area contributed by atoms with E-state index in [1.807, 2.05) is 6.07 Å². The van der Waals surface area contributed by atoms with Gasteiger partial charge in [-0.25, -0.2) is 0 Å². The molecule has 0 aromatic heterocycles. The quantitative estimate of drug-likeness (QED) is 0.727. The Morgan fingerprint density at radius 1 is 1.17 bits per heavy atom. The van der Waals surface area contributed by atoms with Gasteiger partial charge in [0.25, 0.3) is 0 Å². The Labute approximate surface area is 94.6 Å². The maximum atomic E-state index is 5.60. The summed E-state index contributed by atoms with van der Waals surface area (Å²) >= 11 is 12.5. The van der Waals surface area contributed by atoms with E-state index in [-0.39, 0.29) is 0 Å². The Kier molecular flexibility index (Phi) is 4.62. The number of hydrogen-bond acceptors (Lipinski definition) is 0. The summed E-state index contributed by atoms with van der Waals surface area (Å²) in [6.07, 6.45) is 2.09. The fraction of sp³-hybridized carbons (Fsp3) is 0.333. The van der Waals surface area contributed by atoms with Crippen molar-refractivity contribution in [2.24, 2.45) is 0 Å². The summed E-state index contributed by atoms with van der Waals surface area (Å²) in [5, 5.41) is 0. The Bertz CT molecular complexity index is 261. The SMILES string of the molecule is ClCCCc1ccc(Br)c(Br)c1. The van der Waals surface area contributed by atoms with Crippen LogP contribution >= 0.6 is 43.5 Å². The van der Waals surface area contributed by atoms with Crippen LogP contribution in [-0.2, 0) is 6.42 Å². The number of halogens is 3. The first-order valence-electron chi connectivity index (χ1n) is 3.74. The first-order chi connectivity index (χ1) is 5.74. The molecule has 0 bridgehead atoms. The van der Waals surface area contributed by atoms with Crippen LogP contribution in [0.4, 0.5) is 0 Å². The monoisotopic (exact) mass is 310 g/mol. The molecule has 12 heavy (non-hydrogen) atoms. The molecule has 1 rings (SSSR count). The molecule has 0 spiro atoms. The van der Waals surface area contributed by atoms with Gasteiger partial charge < -0.3 is 0 Å². The lowest BCUT2D eigenvalue weighted by molar-refractivity contribution is 0.927. The molecular weight excluding hydrogens is 303 g/mol. The second kappa shape index (κ2) is 5.25. The van der Waals surface area contributed by atoms with Gasteiger partial charge >= 0.3 is 0 Å². The van der Waals surface area contributed by atoms with Gasteiger partial charge in [-0.15, -0.1) is 11.6 Å². The highest BCUT2D eigenvalue weighted by Crippen LogP contribution is 2.24. The third-order valence-corrected chi connectivity index (χ3v) is 3.73. The lowest BCUT2D eigenvalue weighted by Crippen LogP contribution is -1.86. The molecule has 0 N–H and O–H groups in total. The van der Waals surface area contributed by atoms with E-state index in [0.717, 1.165) is 27.7 Å². The first-order valence-corrected chi connectivity index (χ1v) is 5.86. The van der Waals surface area contributed by atoms with Crippen LogP contribution in [0.5, 0.6) is 0 Å². The van der Waals surface area contributed by atoms with Crippen LogP contribution in [0, 0.1) is 0 Å². The zero-order chi connectivity index (χ0) is 8.97. The van der Waals surface area contributed by atoms with Gasteiger partial charge in [0.1, 0.15) is 0 Å². The van der Waals surface area contributed by atoms with Crippen molar-refractivity contribution in [1.82, 2.24) is 0 Å². The van der Waals surface area contributed by atoms with E-state index >= 15 is 0 Å². The number of alkyl halides is 1. The Morgan fingerprint density at radius 2 is 1.92 bits per heavy atom. The third-order valence-electron chi connectivity index (χ3n) is 1.58. The normalized spacial score (nSPS) is 10.2. The molecule has 0 atom stereocenters. The van der Waals surface area contributed by atoms with Crippen LogP contribution in [-0.4, -0.2) is 5.88 Å². The van der Waals surface area contributed by atoms with Crippen LogP contribution in [0.2, 0.25) is 0 Å². The average molecular weight is 312 g/mol. The molecule has 0 saturated carbocycles. The van der Waals surface area contributed by atoms with E-state index in [0.29, 0.717) is 0 Å². The maximum absolute atomic E-state index is 5.60. The summed E-state index contributed by atoms with van der Waals surface area (Å²) in [5.41, 5.74) is 1.32. The molecule has 0 saturated heterocycles. The molecule has 0 aliphatic carbocycles. The topological polar surface area (TPSA) is 0 Å². The third kappa shape index (κ3) is 3.08. The summed E-state index contributed by atoms with van der Waals surface area (Å²) in [4.78, 5) is 0. The fourth-order valence-electron chi connectivity index (χ4n) is 0.966. The highest BCUT2D eigenvalue weighted by atomic mass is 79.9. The molecule has 0 nitrogen and oxygen atoms in total. The minimum atomic E-state index is 0.730. The van der Waals surface area contributed by atoms with Gasteiger partial charge in [-0.05, 0) is 62.4 Å². The molecule has 0 aliphatic heterocycles. The second-order valence-corrected chi connectivity index (χ2v) is 4.63. The molecule has 66 valence electrons. The standard InChI is InChI=1S/C9H9Br2Cl/c10-8-4-3-7(2-1-5-12)6-9(8)11/h3-4,6H,1-2,5H2. The summed E-state index contributed by atoms with van der Waals surface area (Å²) in [5.74, 6) is 0.730. The van der Waals surface area contributed by atoms with Crippen molar-refractivity contribution in [3.8, 4) is 0 Å². The van der Waals surface area contributed by atoms with Crippen molar-refractivity contribution in [3.05, 3.63) is 32.7 Å². The van der Waals surface area contributed by atoms with Gasteiger partial charge in [0.15, 0.2) is 0 Å². The highest BCUT2D eigenvalue weighted by molar-refractivity contribution is 9.13. The molecule has 1 aromatic rings. The van der Waals surface area contributed by atoms with Crippen LogP contribution < -0.4 is 0 Å². The second-order valence-electron chi connectivity index (χ2n) is 2.54. The summed E-state index contributed by atoms with van der Waals surface area (Å²) in [7, 11) is 0. The highest BCUT2D eigenvalue weighted by Gasteiger charge is 1.97. The van der Waals surface area contributed by atoms with Gasteiger partial charge in [0.2, 0.25) is 0 Å². The van der Waals surface area contributed by atoms with E-state index in [1.54, 1.807) is 0 Å². The Hall–Kier alpha value is 0.470. The molecule has 0 fully saturated rings. The first kappa shape index (κ1) is 10.6. The summed E-state index contributed by atoms with van der Waals surface area (Å²) < 4.78 is 2.20. The minimum absolute atomic E-state index is 0.730. The van der Waals surface area contributed by atoms with Crippen molar-refractivity contribution < 1.29 is 0 Å². The number of rotatable bonds is 3. The lowest BCUT2D eigenvalue weighted by atomic mass is 10.1. The largest absolute Gasteiger partial charge is 0.127 e. The van der Waals surface area contributed by atoms with Crippen molar-refractivity contribution in [3.63, 3.8) is 0 Å². The average Bonchev–Trinajstić information content (AvgIpc) is 2.07. The van der Waals surface area contributed by atoms with Gasteiger partial charge in [0.05, 0.1) is 0 Å². The Morgan fingerprint density at radius 3 is 2.50 bits per heavy atom. The number of hydrogen-bond donors (Lipinski definition) is 0. The van der Waals surface area contributed by atoms with E-state index in [1.165, 1.54) is 5.56 Å². The van der Waals surface area contributed by atoms with Crippen LogP contribution in [0.25, 0.3) is 0 Å². The number of benzene rings is 1. The predicted octanol–water partition coefficient (Wildman–Crippen LogP) is 4.38. The van der Waals surface area contributed by atoms with E-state index in [9.17, 15) is 0 Å². The van der Waals surface area contributed by atoms with E-state index in [2.05, 4.69) is 44.0 Å². The summed E-state index contributed by atoms with van der Waals surface area (Å²) in [6.45, 7) is 0. The smallest absolute Gasteiger partial charge is 0.0320 e. The number of aryl methyl sites for hydroxylation is 1. The molecule has 0 radical (unpaired) electrons. The van der Waals surface area contributed by atoms with Gasteiger partial charge in [0, 0.05) is 14.8 Å². The molecule has 0 amide bonds. The van der Waals surface area contributed by atoms with Crippen LogP contribution in [0.3, 0.4) is 0 Å². The summed E-state index contributed by atoms with van der Waals surface area (Å²) in [6, 6.07) is 6.28. The molecule has 0 unspecified atom stereocenters. The van der Waals surface area contributed by atoms with Crippen LogP contribution in [0.15, 0.2) is 27.1 Å². The van der Waals surface area contributed by atoms with Gasteiger partial charge in [-0.3, -0.25) is 0 Å². The van der Waals surface area contributed by atoms with Crippen molar-refractivity contribution in [1.29, 1.82) is 0 Å². The van der Waals surface area contributed by atoms with Crippen LogP contribution in [0.1, 0.15) is 12.0 Å². The lowest BCUT2D eigenvalue weighted by Gasteiger charge is -2.01. The zero-order valence-corrected chi connectivity index (χ0v) is 10.4. The van der Waals surface area contributed by atoms with E-state index < -0.39 is 0 Å². The predicted molar refractivity (Wildman–Crippen MR) is 60.9 cm³/mol. The fourth-order valence-corrected chi connectivity index (χ4v) is 1.77. The van der Waals surface area contributed by atoms with E-state index in [4.69, 9.17) is 11.6 Å². The molecular formula is C9H9Br2Cl. The van der Waals surface area contributed by atoms with Gasteiger partial charge in [-0.1, -0.05) is 6.07 Å². The molecule has 1 aromatic carbocycles. The molecule has 3 heteroatoms. The molecule has 0 aliphatic rings. The Balaban J connectivity index is 2.69. The maximum Gasteiger partial charge on any atom is 0.0320 e. The minimum Gasteiger partial charge on any atom is -0.127 e. The van der Waals surface area contributed by atoms with Gasteiger partial charge in [-0.2, -0.15) is 0 Å². The molecule has 0 heterocycles. The van der Waals surface area contributed by atoms with Crippen molar-refractivity contribution in [2.75, 3.05) is 5.88 Å². The van der Waals surface area contributed by atoms with Crippen molar-refractivity contribution >= 4 is 43.5 Å². The zero-order valence-electron chi connectivity index (χ0n) is 6.49. The van der Waals surface area contributed by atoms with Crippen molar-refractivity contribution in [2.45, 2.75) is 12.8 Å².